The van der Waals surface area contributed by atoms with Gasteiger partial charge in [0.1, 0.15) is 0 Å². The molecule has 2 aromatic heterocycles. The van der Waals surface area contributed by atoms with Crippen LogP contribution >= 0.6 is 0 Å². The Morgan fingerprint density at radius 3 is 2.22 bits per heavy atom. The van der Waals surface area contributed by atoms with Crippen molar-refractivity contribution in [1.82, 2.24) is 8.80 Å². The molecule has 0 bridgehead atoms. The molecule has 3 aromatic carbocycles. The average Bonchev–Trinajstić information content (AvgIpc) is 3.64. The zero-order chi connectivity index (χ0) is 35.8. The van der Waals surface area contributed by atoms with E-state index < -0.39 is 16.6 Å². The highest BCUT2D eigenvalue weighted by Crippen LogP contribution is 2.56. The van der Waals surface area contributed by atoms with Gasteiger partial charge in [-0.25, -0.2) is 0 Å². The zero-order valence-electron chi connectivity index (χ0n) is 31.9. The van der Waals surface area contributed by atoms with Crippen LogP contribution in [0.4, 0.5) is 0 Å². The summed E-state index contributed by atoms with van der Waals surface area (Å²) < 4.78 is 17.5. The number of benzene rings is 3. The number of aliphatic hydroxyl groups excluding tert-OH is 1. The molecule has 0 amide bonds. The second-order valence-corrected chi connectivity index (χ2v) is 27.5. The first-order valence-electron chi connectivity index (χ1n) is 18.1. The second-order valence-electron chi connectivity index (χ2n) is 17.6. The van der Waals surface area contributed by atoms with Gasteiger partial charge in [-0.1, -0.05) is 85.0 Å². The van der Waals surface area contributed by atoms with Gasteiger partial charge in [0.15, 0.2) is 22.4 Å². The van der Waals surface area contributed by atoms with Gasteiger partial charge in [0.2, 0.25) is 0 Å². The fraction of sp³-hybridized carbons (Fsp3) is 0.512. The van der Waals surface area contributed by atoms with E-state index in [2.05, 4.69) is 139 Å². The van der Waals surface area contributed by atoms with Crippen LogP contribution in [0.15, 0.2) is 48.7 Å². The van der Waals surface area contributed by atoms with Crippen molar-refractivity contribution in [3.8, 4) is 17.0 Å². The van der Waals surface area contributed by atoms with Crippen LogP contribution in [0, 0.1) is 0 Å². The minimum Gasteiger partial charge on any atom is -0.495 e. The lowest BCUT2D eigenvalue weighted by Crippen LogP contribution is -2.44. The highest BCUT2D eigenvalue weighted by atomic mass is 28.4. The van der Waals surface area contributed by atoms with Gasteiger partial charge in [-0.2, -0.15) is 0 Å². The minimum atomic E-state index is -2.22. The number of aromatic hydroxyl groups is 1. The Bertz CT molecular complexity index is 2040. The first-order chi connectivity index (χ1) is 22.8. The van der Waals surface area contributed by atoms with E-state index >= 15 is 0 Å². The summed E-state index contributed by atoms with van der Waals surface area (Å²) in [6, 6.07) is 15.2. The molecule has 6 nitrogen and oxygen atoms in total. The fourth-order valence-electron chi connectivity index (χ4n) is 7.27. The van der Waals surface area contributed by atoms with Gasteiger partial charge in [-0.05, 0) is 77.8 Å². The summed E-state index contributed by atoms with van der Waals surface area (Å²) >= 11 is 0. The summed E-state index contributed by atoms with van der Waals surface area (Å²) in [5.41, 5.74) is 7.87. The molecule has 8 heteroatoms. The summed E-state index contributed by atoms with van der Waals surface area (Å²) in [4.78, 5) is 0. The third-order valence-corrected chi connectivity index (χ3v) is 21.9. The van der Waals surface area contributed by atoms with Crippen molar-refractivity contribution in [2.45, 2.75) is 123 Å². The molecular formula is C41H58N2O4Si2. The molecular weight excluding hydrogens is 641 g/mol. The molecule has 0 aliphatic heterocycles. The number of aromatic nitrogens is 2. The SMILES string of the molecule is CC(C)OCc1ccc2c(c1)c1c3cn([Si](C)(C)C(C)(C)C)c(O)c3c3c(c1n2CCCO[Si](C)(C)C(C)(C)C)C(CO)c1ccccc1-3. The highest BCUT2D eigenvalue weighted by Gasteiger charge is 2.42. The van der Waals surface area contributed by atoms with Gasteiger partial charge in [0.05, 0.1) is 30.2 Å². The molecule has 1 atom stereocenters. The van der Waals surface area contributed by atoms with Crippen LogP contribution < -0.4 is 0 Å². The van der Waals surface area contributed by atoms with Crippen LogP contribution in [0.1, 0.15) is 84.4 Å². The Kier molecular flexibility index (Phi) is 9.10. The maximum atomic E-state index is 12.4. The number of fused-ring (bicyclic) bond motifs is 10. The number of rotatable bonds is 10. The molecule has 0 radical (unpaired) electrons. The Hall–Kier alpha value is -2.89. The maximum absolute atomic E-state index is 12.4. The lowest BCUT2D eigenvalue weighted by atomic mass is 9.92. The van der Waals surface area contributed by atoms with Gasteiger partial charge in [-0.15, -0.1) is 0 Å². The number of aliphatic hydroxyl groups is 1. The molecule has 2 N–H and O–H groups in total. The highest BCUT2D eigenvalue weighted by molar-refractivity contribution is 6.79. The Labute approximate surface area is 295 Å². The molecule has 0 saturated carbocycles. The molecule has 1 aliphatic rings. The van der Waals surface area contributed by atoms with E-state index in [-0.39, 0.29) is 28.7 Å². The Morgan fingerprint density at radius 1 is 0.898 bits per heavy atom. The summed E-state index contributed by atoms with van der Waals surface area (Å²) in [7, 11) is -4.12. The average molecular weight is 699 g/mol. The number of nitrogens with zero attached hydrogens (tertiary/aromatic N) is 2. The predicted molar refractivity (Wildman–Crippen MR) is 211 cm³/mol. The van der Waals surface area contributed by atoms with Crippen LogP contribution in [0.3, 0.4) is 0 Å². The Morgan fingerprint density at radius 2 is 1.59 bits per heavy atom. The normalized spacial score (nSPS) is 15.7. The largest absolute Gasteiger partial charge is 0.495 e. The van der Waals surface area contributed by atoms with Gasteiger partial charge in [-0.3, -0.25) is 0 Å². The van der Waals surface area contributed by atoms with Crippen molar-refractivity contribution >= 4 is 49.1 Å². The van der Waals surface area contributed by atoms with Gasteiger partial charge < -0.3 is 28.2 Å². The van der Waals surface area contributed by atoms with Crippen LogP contribution in [-0.4, -0.2) is 54.9 Å². The molecule has 0 saturated heterocycles. The molecule has 0 fully saturated rings. The van der Waals surface area contributed by atoms with Crippen molar-refractivity contribution in [3.63, 3.8) is 0 Å². The van der Waals surface area contributed by atoms with Gasteiger partial charge in [0.25, 0.3) is 0 Å². The topological polar surface area (TPSA) is 68.8 Å². The lowest BCUT2D eigenvalue weighted by Gasteiger charge is -2.38. The molecule has 1 unspecified atom stereocenters. The number of aryl methyl sites for hydroxylation is 1. The molecule has 49 heavy (non-hydrogen) atoms. The van der Waals surface area contributed by atoms with Crippen LogP contribution in [-0.2, 0) is 22.3 Å². The molecule has 2 heterocycles. The van der Waals surface area contributed by atoms with Crippen LogP contribution in [0.5, 0.6) is 5.88 Å². The van der Waals surface area contributed by atoms with Crippen molar-refractivity contribution in [2.24, 2.45) is 0 Å². The summed E-state index contributed by atoms with van der Waals surface area (Å²) in [6.07, 6.45) is 3.26. The van der Waals surface area contributed by atoms with Crippen molar-refractivity contribution in [2.75, 3.05) is 13.2 Å². The van der Waals surface area contributed by atoms with E-state index in [0.717, 1.165) is 73.4 Å². The summed E-state index contributed by atoms with van der Waals surface area (Å²) in [6.45, 7) is 29.3. The van der Waals surface area contributed by atoms with E-state index in [9.17, 15) is 10.2 Å². The van der Waals surface area contributed by atoms with Gasteiger partial charge in [0, 0.05) is 52.5 Å². The van der Waals surface area contributed by atoms with Crippen molar-refractivity contribution < 1.29 is 19.4 Å². The molecule has 6 rings (SSSR count). The third kappa shape index (κ3) is 5.81. The molecule has 5 aromatic rings. The van der Waals surface area contributed by atoms with E-state index in [1.54, 1.807) is 0 Å². The zero-order valence-corrected chi connectivity index (χ0v) is 33.9. The quantitative estimate of drug-likeness (QED) is 0.113. The van der Waals surface area contributed by atoms with E-state index in [1.165, 1.54) is 0 Å². The van der Waals surface area contributed by atoms with E-state index in [0.29, 0.717) is 19.1 Å². The second kappa shape index (κ2) is 12.4. The predicted octanol–water partition coefficient (Wildman–Crippen LogP) is 10.7. The molecule has 1 aliphatic carbocycles. The molecule has 264 valence electrons. The monoisotopic (exact) mass is 698 g/mol. The first kappa shape index (κ1) is 35.9. The van der Waals surface area contributed by atoms with E-state index in [4.69, 9.17) is 9.16 Å². The third-order valence-electron chi connectivity index (χ3n) is 12.1. The summed E-state index contributed by atoms with van der Waals surface area (Å²) in [5.74, 6) is 0.153. The van der Waals surface area contributed by atoms with Crippen molar-refractivity contribution in [1.29, 1.82) is 0 Å². The molecule has 0 spiro atoms. The standard InChI is InChI=1S/C41H58N2O4Si2/c1-26(2)46-25-27-18-19-33-30(22-27)34-31-23-43(48(9,10)40(3,4)5)39(45)37(31)35-29-17-14-13-16-28(29)32(24-44)36(35)38(34)42(33)20-15-21-47-49(11,12)41(6,7)8/h13-14,16-19,22-23,26,32,44-45H,15,20-21,24-25H2,1-12H3. The van der Waals surface area contributed by atoms with Gasteiger partial charge >= 0.3 is 0 Å². The van der Waals surface area contributed by atoms with Crippen LogP contribution in [0.2, 0.25) is 36.3 Å². The van der Waals surface area contributed by atoms with E-state index in [1.807, 2.05) is 0 Å². The number of hydrogen-bond donors (Lipinski definition) is 2. The van der Waals surface area contributed by atoms with Crippen LogP contribution in [0.25, 0.3) is 43.7 Å². The lowest BCUT2D eigenvalue weighted by molar-refractivity contribution is 0.0658. The smallest absolute Gasteiger partial charge is 0.191 e. The maximum Gasteiger partial charge on any atom is 0.191 e. The summed E-state index contributed by atoms with van der Waals surface area (Å²) in [5, 5.41) is 28.0. The van der Waals surface area contributed by atoms with Crippen molar-refractivity contribution in [3.05, 3.63) is 65.4 Å². The number of ether oxygens (including phenoxy) is 1. The number of hydrogen-bond acceptors (Lipinski definition) is 4. The fourth-order valence-corrected chi connectivity index (χ4v) is 10.2. The first-order valence-corrected chi connectivity index (χ1v) is 24.0. The minimum absolute atomic E-state index is 0.00217. The Balaban J connectivity index is 1.69.